The van der Waals surface area contributed by atoms with Crippen molar-refractivity contribution < 1.29 is 9.47 Å². The van der Waals surface area contributed by atoms with Crippen molar-refractivity contribution in [3.05, 3.63) is 60.1 Å². The Balaban J connectivity index is 1.75. The third-order valence-electron chi connectivity index (χ3n) is 4.10. The molecule has 1 N–H and O–H groups in total. The molecule has 8 heteroatoms. The normalized spacial score (nSPS) is 10.8. The lowest BCUT2D eigenvalue weighted by molar-refractivity contribution is 0.395. The van der Waals surface area contributed by atoms with E-state index in [2.05, 4.69) is 20.3 Å². The molecule has 0 saturated heterocycles. The van der Waals surface area contributed by atoms with Crippen molar-refractivity contribution in [1.82, 2.24) is 19.5 Å². The van der Waals surface area contributed by atoms with Crippen molar-refractivity contribution in [2.75, 3.05) is 19.5 Å². The highest BCUT2D eigenvalue weighted by Gasteiger charge is 2.13. The largest absolute Gasteiger partial charge is 0.497 e. The van der Waals surface area contributed by atoms with Gasteiger partial charge in [0.25, 0.3) is 0 Å². The molecule has 0 saturated carbocycles. The van der Waals surface area contributed by atoms with Gasteiger partial charge in [0.05, 0.1) is 19.9 Å². The van der Waals surface area contributed by atoms with Gasteiger partial charge < -0.3 is 14.8 Å². The fraction of sp³-hybridized carbons (Fsp3) is 0.105. The molecule has 0 bridgehead atoms. The Morgan fingerprint density at radius 2 is 1.78 bits per heavy atom. The van der Waals surface area contributed by atoms with Gasteiger partial charge in [0.1, 0.15) is 24.2 Å². The van der Waals surface area contributed by atoms with Crippen LogP contribution in [0.15, 0.2) is 55.1 Å². The van der Waals surface area contributed by atoms with Crippen LogP contribution < -0.4 is 14.8 Å². The molecular formula is C19H16ClN5O2. The molecule has 0 spiro atoms. The Morgan fingerprint density at radius 1 is 0.963 bits per heavy atom. The molecule has 4 rings (SSSR count). The zero-order valence-corrected chi connectivity index (χ0v) is 15.4. The van der Waals surface area contributed by atoms with Crippen LogP contribution in [0.25, 0.3) is 16.9 Å². The molecule has 2 aromatic carbocycles. The minimum absolute atomic E-state index is 0.580. The average Bonchev–Trinajstić information content (AvgIpc) is 3.14. The molecule has 136 valence electrons. The molecule has 0 atom stereocenters. The van der Waals surface area contributed by atoms with Gasteiger partial charge in [-0.05, 0) is 36.4 Å². The van der Waals surface area contributed by atoms with Crippen LogP contribution in [0.3, 0.4) is 0 Å². The summed E-state index contributed by atoms with van der Waals surface area (Å²) in [5.74, 6) is 1.92. The predicted molar refractivity (Wildman–Crippen MR) is 104 cm³/mol. The second-order valence-electron chi connectivity index (χ2n) is 5.68. The molecule has 0 unspecified atom stereocenters. The number of rotatable bonds is 5. The summed E-state index contributed by atoms with van der Waals surface area (Å²) >= 11 is 5.98. The number of aromatic nitrogens is 4. The van der Waals surface area contributed by atoms with Crippen LogP contribution in [0, 0.1) is 0 Å². The van der Waals surface area contributed by atoms with Crippen molar-refractivity contribution in [2.24, 2.45) is 0 Å². The zero-order valence-electron chi connectivity index (χ0n) is 14.7. The molecule has 2 aromatic heterocycles. The van der Waals surface area contributed by atoms with E-state index in [0.29, 0.717) is 33.5 Å². The number of nitrogens with zero attached hydrogens (tertiary/aromatic N) is 4. The molecule has 0 fully saturated rings. The van der Waals surface area contributed by atoms with Crippen LogP contribution in [0.5, 0.6) is 11.5 Å². The maximum atomic E-state index is 5.98. The third kappa shape index (κ3) is 3.24. The van der Waals surface area contributed by atoms with Crippen LogP contribution in [0.1, 0.15) is 0 Å². The minimum Gasteiger partial charge on any atom is -0.497 e. The molecule has 0 aliphatic heterocycles. The maximum absolute atomic E-state index is 5.98. The molecule has 27 heavy (non-hydrogen) atoms. The number of imidazole rings is 1. The van der Waals surface area contributed by atoms with Gasteiger partial charge in [0, 0.05) is 16.8 Å². The summed E-state index contributed by atoms with van der Waals surface area (Å²) in [4.78, 5) is 13.2. The summed E-state index contributed by atoms with van der Waals surface area (Å²) < 4.78 is 12.5. The Kier molecular flexibility index (Phi) is 4.52. The second kappa shape index (κ2) is 7.13. The molecule has 7 nitrogen and oxygen atoms in total. The molecular weight excluding hydrogens is 366 g/mol. The number of hydrogen-bond acceptors (Lipinski definition) is 6. The molecule has 0 aliphatic rings. The third-order valence-corrected chi connectivity index (χ3v) is 4.35. The van der Waals surface area contributed by atoms with Gasteiger partial charge in [-0.25, -0.2) is 15.0 Å². The molecule has 2 heterocycles. The van der Waals surface area contributed by atoms with E-state index in [1.54, 1.807) is 26.6 Å². The van der Waals surface area contributed by atoms with Crippen LogP contribution in [0.4, 0.5) is 11.5 Å². The van der Waals surface area contributed by atoms with Crippen molar-refractivity contribution in [1.29, 1.82) is 0 Å². The monoisotopic (exact) mass is 381 g/mol. The Hall–Kier alpha value is -3.32. The van der Waals surface area contributed by atoms with E-state index >= 15 is 0 Å². The van der Waals surface area contributed by atoms with Crippen molar-refractivity contribution in [3.8, 4) is 17.2 Å². The Labute approximate surface area is 160 Å². The molecule has 4 aromatic rings. The zero-order chi connectivity index (χ0) is 18.8. The van der Waals surface area contributed by atoms with Gasteiger partial charge in [-0.1, -0.05) is 11.6 Å². The summed E-state index contributed by atoms with van der Waals surface area (Å²) in [5, 5.41) is 3.94. The van der Waals surface area contributed by atoms with Gasteiger partial charge >= 0.3 is 0 Å². The number of methoxy groups -OCH3 is 2. The second-order valence-corrected chi connectivity index (χ2v) is 6.11. The van der Waals surface area contributed by atoms with Crippen LogP contribution in [-0.2, 0) is 0 Å². The van der Waals surface area contributed by atoms with E-state index < -0.39 is 0 Å². The van der Waals surface area contributed by atoms with E-state index in [-0.39, 0.29) is 0 Å². The predicted octanol–water partition coefficient (Wildman–Crippen LogP) is 4.23. The van der Waals surface area contributed by atoms with Crippen LogP contribution in [-0.4, -0.2) is 33.7 Å². The topological polar surface area (TPSA) is 74.1 Å². The van der Waals surface area contributed by atoms with Crippen LogP contribution >= 0.6 is 11.6 Å². The number of benzene rings is 2. The van der Waals surface area contributed by atoms with Gasteiger partial charge in [0.15, 0.2) is 17.0 Å². The quantitative estimate of drug-likeness (QED) is 0.557. The summed E-state index contributed by atoms with van der Waals surface area (Å²) in [6, 6.07) is 13.0. The first-order valence-corrected chi connectivity index (χ1v) is 8.50. The average molecular weight is 382 g/mol. The van der Waals surface area contributed by atoms with E-state index in [4.69, 9.17) is 21.1 Å². The smallest absolute Gasteiger partial charge is 0.170 e. The number of fused-ring (bicyclic) bond motifs is 1. The first-order chi connectivity index (χ1) is 13.2. The van der Waals surface area contributed by atoms with Crippen molar-refractivity contribution in [2.45, 2.75) is 0 Å². The molecule has 0 aliphatic carbocycles. The lowest BCUT2D eigenvalue weighted by atomic mass is 10.2. The van der Waals surface area contributed by atoms with E-state index in [1.165, 1.54) is 6.33 Å². The molecule has 0 radical (unpaired) electrons. The van der Waals surface area contributed by atoms with Gasteiger partial charge in [-0.3, -0.25) is 4.57 Å². The lowest BCUT2D eigenvalue weighted by Crippen LogP contribution is -2.00. The summed E-state index contributed by atoms with van der Waals surface area (Å²) in [6.07, 6.45) is 3.20. The van der Waals surface area contributed by atoms with Crippen molar-refractivity contribution in [3.63, 3.8) is 0 Å². The minimum atomic E-state index is 0.580. The SMILES string of the molecule is COc1ccc(Nc2ncnc3c2ncn3-c2ccc(Cl)cc2)c(OC)c1. The van der Waals surface area contributed by atoms with Gasteiger partial charge in [-0.15, -0.1) is 0 Å². The summed E-state index contributed by atoms with van der Waals surface area (Å²) in [7, 11) is 3.21. The number of halogens is 1. The fourth-order valence-electron chi connectivity index (χ4n) is 2.75. The highest BCUT2D eigenvalue weighted by molar-refractivity contribution is 6.30. The number of anilines is 2. The Morgan fingerprint density at radius 3 is 2.52 bits per heavy atom. The lowest BCUT2D eigenvalue weighted by Gasteiger charge is -2.12. The first-order valence-electron chi connectivity index (χ1n) is 8.12. The highest BCUT2D eigenvalue weighted by Crippen LogP contribution is 2.32. The van der Waals surface area contributed by atoms with Gasteiger partial charge in [0.2, 0.25) is 0 Å². The maximum Gasteiger partial charge on any atom is 0.170 e. The number of hydrogen-bond donors (Lipinski definition) is 1. The molecule has 0 amide bonds. The van der Waals surface area contributed by atoms with Crippen LogP contribution in [0.2, 0.25) is 5.02 Å². The fourth-order valence-corrected chi connectivity index (χ4v) is 2.87. The summed E-state index contributed by atoms with van der Waals surface area (Å²) in [5.41, 5.74) is 2.99. The van der Waals surface area contributed by atoms with E-state index in [1.807, 2.05) is 41.0 Å². The van der Waals surface area contributed by atoms with Gasteiger partial charge in [-0.2, -0.15) is 0 Å². The summed E-state index contributed by atoms with van der Waals surface area (Å²) in [6.45, 7) is 0. The first kappa shape index (κ1) is 17.1. The Bertz CT molecular complexity index is 1100. The number of ether oxygens (including phenoxy) is 2. The van der Waals surface area contributed by atoms with E-state index in [0.717, 1.165) is 11.4 Å². The highest BCUT2D eigenvalue weighted by atomic mass is 35.5. The van der Waals surface area contributed by atoms with E-state index in [9.17, 15) is 0 Å². The standard InChI is InChI=1S/C19H16ClN5O2/c1-26-14-7-8-15(16(9-14)27-2)24-18-17-19(22-10-21-18)25(11-23-17)13-5-3-12(20)4-6-13/h3-11H,1-2H3,(H,21,22,24). The number of nitrogens with one attached hydrogen (secondary N) is 1. The van der Waals surface area contributed by atoms with Crippen molar-refractivity contribution >= 4 is 34.3 Å².